The Labute approximate surface area is 161 Å². The SMILES string of the molecule is CCOC(=O)C1(C(=O)OCC)CCCC2=C(CCC3=C2C(=O)C(C)(C)C3)C1. The van der Waals surface area contributed by atoms with Crippen LogP contribution in [0.15, 0.2) is 22.3 Å². The Balaban J connectivity index is 2.02. The highest BCUT2D eigenvalue weighted by atomic mass is 16.6. The molecule has 0 bridgehead atoms. The summed E-state index contributed by atoms with van der Waals surface area (Å²) in [7, 11) is 0. The molecule has 0 heterocycles. The molecule has 0 unspecified atom stereocenters. The van der Waals surface area contributed by atoms with Crippen LogP contribution in [-0.2, 0) is 23.9 Å². The molecule has 0 amide bonds. The molecule has 0 saturated carbocycles. The Morgan fingerprint density at radius 2 is 1.52 bits per heavy atom. The Bertz CT molecular complexity index is 720. The van der Waals surface area contributed by atoms with Crippen molar-refractivity contribution in [2.45, 2.75) is 72.6 Å². The zero-order valence-electron chi connectivity index (χ0n) is 16.9. The zero-order valence-corrected chi connectivity index (χ0v) is 16.9. The van der Waals surface area contributed by atoms with Crippen LogP contribution < -0.4 is 0 Å². The summed E-state index contributed by atoms with van der Waals surface area (Å²) in [6, 6.07) is 0. The monoisotopic (exact) mass is 374 g/mol. The van der Waals surface area contributed by atoms with Gasteiger partial charge in [0.2, 0.25) is 0 Å². The van der Waals surface area contributed by atoms with Crippen LogP contribution in [0.3, 0.4) is 0 Å². The molecular formula is C22H30O5. The molecule has 0 aromatic heterocycles. The van der Waals surface area contributed by atoms with Gasteiger partial charge in [-0.25, -0.2) is 0 Å². The molecular weight excluding hydrogens is 344 g/mol. The number of ether oxygens (including phenoxy) is 2. The first-order valence-electron chi connectivity index (χ1n) is 10.1. The van der Waals surface area contributed by atoms with Crippen LogP contribution in [0.5, 0.6) is 0 Å². The van der Waals surface area contributed by atoms with Crippen molar-refractivity contribution < 1.29 is 23.9 Å². The van der Waals surface area contributed by atoms with Crippen LogP contribution in [-0.4, -0.2) is 30.9 Å². The van der Waals surface area contributed by atoms with Gasteiger partial charge < -0.3 is 9.47 Å². The lowest BCUT2D eigenvalue weighted by molar-refractivity contribution is -0.172. The summed E-state index contributed by atoms with van der Waals surface area (Å²) >= 11 is 0. The van der Waals surface area contributed by atoms with Gasteiger partial charge in [0.25, 0.3) is 0 Å². The summed E-state index contributed by atoms with van der Waals surface area (Å²) in [5, 5.41) is 0. The molecule has 0 aromatic rings. The van der Waals surface area contributed by atoms with E-state index in [9.17, 15) is 14.4 Å². The summed E-state index contributed by atoms with van der Waals surface area (Å²) in [5.74, 6) is -0.769. The van der Waals surface area contributed by atoms with Gasteiger partial charge in [0.15, 0.2) is 11.2 Å². The van der Waals surface area contributed by atoms with Gasteiger partial charge in [-0.15, -0.1) is 0 Å². The molecule has 0 aromatic carbocycles. The fourth-order valence-electron chi connectivity index (χ4n) is 4.88. The fourth-order valence-corrected chi connectivity index (χ4v) is 4.88. The van der Waals surface area contributed by atoms with E-state index in [4.69, 9.17) is 9.47 Å². The summed E-state index contributed by atoms with van der Waals surface area (Å²) in [6.07, 6.45) is 4.57. The van der Waals surface area contributed by atoms with Gasteiger partial charge in [-0.3, -0.25) is 14.4 Å². The molecule has 27 heavy (non-hydrogen) atoms. The van der Waals surface area contributed by atoms with Gasteiger partial charge in [-0.2, -0.15) is 0 Å². The molecule has 0 saturated heterocycles. The van der Waals surface area contributed by atoms with Crippen molar-refractivity contribution in [1.29, 1.82) is 0 Å². The van der Waals surface area contributed by atoms with Gasteiger partial charge in [-0.05, 0) is 64.4 Å². The number of Topliss-reactive ketones (excluding diaryl/α,β-unsaturated/α-hetero) is 1. The van der Waals surface area contributed by atoms with E-state index in [-0.39, 0.29) is 24.4 Å². The van der Waals surface area contributed by atoms with E-state index in [1.165, 1.54) is 5.57 Å². The summed E-state index contributed by atoms with van der Waals surface area (Å²) in [5.41, 5.74) is 2.67. The lowest BCUT2D eigenvalue weighted by atomic mass is 9.76. The smallest absolute Gasteiger partial charge is 0.323 e. The van der Waals surface area contributed by atoms with Gasteiger partial charge in [0.1, 0.15) is 0 Å². The minimum absolute atomic E-state index is 0.212. The normalized spacial score (nSPS) is 23.5. The van der Waals surface area contributed by atoms with Gasteiger partial charge in [-0.1, -0.05) is 25.0 Å². The van der Waals surface area contributed by atoms with E-state index in [0.717, 1.165) is 42.4 Å². The predicted molar refractivity (Wildman–Crippen MR) is 101 cm³/mol. The van der Waals surface area contributed by atoms with E-state index in [1.54, 1.807) is 13.8 Å². The second-order valence-corrected chi connectivity index (χ2v) is 8.50. The highest BCUT2D eigenvalue weighted by Crippen LogP contribution is 2.52. The highest BCUT2D eigenvalue weighted by Gasteiger charge is 2.52. The number of rotatable bonds is 4. The zero-order chi connectivity index (χ0) is 19.8. The largest absolute Gasteiger partial charge is 0.465 e. The predicted octanol–water partition coefficient (Wildman–Crippen LogP) is 4.06. The molecule has 3 aliphatic carbocycles. The Hall–Kier alpha value is -1.91. The summed E-state index contributed by atoms with van der Waals surface area (Å²) in [6.45, 7) is 7.96. The first-order chi connectivity index (χ1) is 12.8. The molecule has 0 aliphatic heterocycles. The lowest BCUT2D eigenvalue weighted by Gasteiger charge is -2.30. The standard InChI is InChI=1S/C22H30O5/c1-5-26-19(24)22(20(25)27-6-2)11-7-8-16-14(13-22)9-10-15-12-21(3,4)18(23)17(15)16/h5-13H2,1-4H3. The minimum atomic E-state index is -1.28. The summed E-state index contributed by atoms with van der Waals surface area (Å²) in [4.78, 5) is 38.7. The maximum absolute atomic E-state index is 13.0. The molecule has 5 nitrogen and oxygen atoms in total. The molecule has 3 aliphatic rings. The molecule has 148 valence electrons. The van der Waals surface area contributed by atoms with E-state index >= 15 is 0 Å². The van der Waals surface area contributed by atoms with Crippen LogP contribution in [0.4, 0.5) is 0 Å². The van der Waals surface area contributed by atoms with Gasteiger partial charge in [0.05, 0.1) is 13.2 Å². The lowest BCUT2D eigenvalue weighted by Crippen LogP contribution is -2.42. The van der Waals surface area contributed by atoms with Crippen molar-refractivity contribution in [3.63, 3.8) is 0 Å². The first kappa shape index (κ1) is 19.8. The van der Waals surface area contributed by atoms with Gasteiger partial charge in [0, 0.05) is 11.0 Å². The Morgan fingerprint density at radius 3 is 2.11 bits per heavy atom. The summed E-state index contributed by atoms with van der Waals surface area (Å²) < 4.78 is 10.6. The van der Waals surface area contributed by atoms with Crippen molar-refractivity contribution in [1.82, 2.24) is 0 Å². The van der Waals surface area contributed by atoms with Crippen LogP contribution in [0.25, 0.3) is 0 Å². The third kappa shape index (κ3) is 3.26. The average Bonchev–Trinajstić information content (AvgIpc) is 2.76. The molecule has 0 radical (unpaired) electrons. The molecule has 0 atom stereocenters. The quantitative estimate of drug-likeness (QED) is 0.548. The van der Waals surface area contributed by atoms with Crippen LogP contribution >= 0.6 is 0 Å². The first-order valence-corrected chi connectivity index (χ1v) is 10.1. The van der Waals surface area contributed by atoms with Crippen LogP contribution in [0.2, 0.25) is 0 Å². The van der Waals surface area contributed by atoms with Crippen molar-refractivity contribution in [3.8, 4) is 0 Å². The molecule has 0 N–H and O–H groups in total. The van der Waals surface area contributed by atoms with E-state index in [1.807, 2.05) is 13.8 Å². The molecule has 5 heteroatoms. The average molecular weight is 374 g/mol. The molecule has 3 rings (SSSR count). The number of hydrogen-bond donors (Lipinski definition) is 0. The maximum atomic E-state index is 13.0. The number of esters is 2. The fraction of sp³-hybridized carbons (Fsp3) is 0.682. The second kappa shape index (κ2) is 7.25. The number of hydrogen-bond acceptors (Lipinski definition) is 5. The minimum Gasteiger partial charge on any atom is -0.465 e. The number of fused-ring (bicyclic) bond motifs is 1. The molecule has 0 fully saturated rings. The third-order valence-corrected chi connectivity index (χ3v) is 6.19. The van der Waals surface area contributed by atoms with Crippen molar-refractivity contribution >= 4 is 17.7 Å². The third-order valence-electron chi connectivity index (χ3n) is 6.19. The Morgan fingerprint density at radius 1 is 0.926 bits per heavy atom. The number of allylic oxidation sites excluding steroid dienone is 4. The number of carbonyl (C=O) groups is 3. The van der Waals surface area contributed by atoms with E-state index in [2.05, 4.69) is 0 Å². The molecule has 0 spiro atoms. The second-order valence-electron chi connectivity index (χ2n) is 8.50. The van der Waals surface area contributed by atoms with Crippen LogP contribution in [0, 0.1) is 10.8 Å². The number of ketones is 1. The topological polar surface area (TPSA) is 69.7 Å². The number of carbonyl (C=O) groups excluding carboxylic acids is 3. The Kier molecular flexibility index (Phi) is 5.33. The maximum Gasteiger partial charge on any atom is 0.323 e. The highest BCUT2D eigenvalue weighted by molar-refractivity contribution is 6.07. The van der Waals surface area contributed by atoms with Crippen molar-refractivity contribution in [3.05, 3.63) is 22.3 Å². The van der Waals surface area contributed by atoms with E-state index < -0.39 is 17.4 Å². The van der Waals surface area contributed by atoms with Crippen molar-refractivity contribution in [2.24, 2.45) is 10.8 Å². The van der Waals surface area contributed by atoms with Crippen LogP contribution in [0.1, 0.15) is 72.6 Å². The van der Waals surface area contributed by atoms with Gasteiger partial charge >= 0.3 is 11.9 Å². The van der Waals surface area contributed by atoms with E-state index in [0.29, 0.717) is 19.3 Å². The van der Waals surface area contributed by atoms with Crippen molar-refractivity contribution in [2.75, 3.05) is 13.2 Å².